The average Bonchev–Trinajstić information content (AvgIpc) is 2.47. The molecule has 0 aliphatic carbocycles. The Morgan fingerprint density at radius 3 is 2.68 bits per heavy atom. The summed E-state index contributed by atoms with van der Waals surface area (Å²) in [6.45, 7) is 0. The Bertz CT molecular complexity index is 605. The second kappa shape index (κ2) is 4.76. The van der Waals surface area contributed by atoms with Crippen molar-refractivity contribution < 1.29 is 14.6 Å². The van der Waals surface area contributed by atoms with Gasteiger partial charge in [-0.05, 0) is 42.2 Å². The maximum absolute atomic E-state index is 10.9. The van der Waals surface area contributed by atoms with E-state index in [1.54, 1.807) is 18.2 Å². The molecule has 1 N–H and O–H groups in total. The molecule has 3 rings (SSSR count). The number of carboxylic acid groups (broad SMARTS) is 1. The number of hydrogen-bond acceptors (Lipinski definition) is 2. The Morgan fingerprint density at radius 1 is 1.16 bits per heavy atom. The number of aryl methyl sites for hydroxylation is 1. The molecule has 1 atom stereocenters. The summed E-state index contributed by atoms with van der Waals surface area (Å²) in [7, 11) is 0. The van der Waals surface area contributed by atoms with Crippen molar-refractivity contribution in [3.63, 3.8) is 0 Å². The van der Waals surface area contributed by atoms with Gasteiger partial charge in [0.05, 0.1) is 5.56 Å². The second-order valence-electron chi connectivity index (χ2n) is 4.68. The summed E-state index contributed by atoms with van der Waals surface area (Å²) < 4.78 is 5.96. The molecule has 2 aromatic rings. The van der Waals surface area contributed by atoms with E-state index in [-0.39, 0.29) is 6.10 Å². The molecule has 0 saturated carbocycles. The van der Waals surface area contributed by atoms with Crippen LogP contribution in [-0.4, -0.2) is 11.1 Å². The van der Waals surface area contributed by atoms with E-state index in [9.17, 15) is 4.79 Å². The first-order chi connectivity index (χ1) is 9.24. The van der Waals surface area contributed by atoms with Crippen molar-refractivity contribution in [2.45, 2.75) is 18.9 Å². The quantitative estimate of drug-likeness (QED) is 0.892. The van der Waals surface area contributed by atoms with Crippen LogP contribution in [0.2, 0.25) is 0 Å². The smallest absolute Gasteiger partial charge is 0.335 e. The first-order valence-electron chi connectivity index (χ1n) is 6.32. The molecule has 0 radical (unpaired) electrons. The van der Waals surface area contributed by atoms with Gasteiger partial charge in [0.1, 0.15) is 11.9 Å². The van der Waals surface area contributed by atoms with Crippen LogP contribution in [0.4, 0.5) is 0 Å². The molecule has 0 amide bonds. The van der Waals surface area contributed by atoms with E-state index in [4.69, 9.17) is 9.84 Å². The van der Waals surface area contributed by atoms with Gasteiger partial charge in [-0.1, -0.05) is 30.3 Å². The Kier molecular flexibility index (Phi) is 2.95. The molecule has 1 aliphatic rings. The van der Waals surface area contributed by atoms with Gasteiger partial charge >= 0.3 is 5.97 Å². The van der Waals surface area contributed by atoms with Crippen LogP contribution >= 0.6 is 0 Å². The third-order valence-electron chi connectivity index (χ3n) is 3.42. The minimum atomic E-state index is -0.895. The first kappa shape index (κ1) is 11.8. The zero-order valence-corrected chi connectivity index (χ0v) is 10.4. The minimum Gasteiger partial charge on any atom is -0.485 e. The van der Waals surface area contributed by atoms with Gasteiger partial charge in [0.15, 0.2) is 0 Å². The van der Waals surface area contributed by atoms with Crippen LogP contribution in [0.25, 0.3) is 0 Å². The number of carbonyl (C=O) groups is 1. The van der Waals surface area contributed by atoms with Gasteiger partial charge in [0.2, 0.25) is 0 Å². The molecular formula is C16H14O3. The number of benzene rings is 2. The van der Waals surface area contributed by atoms with Crippen LogP contribution in [-0.2, 0) is 6.42 Å². The van der Waals surface area contributed by atoms with E-state index in [2.05, 4.69) is 12.1 Å². The molecule has 19 heavy (non-hydrogen) atoms. The second-order valence-corrected chi connectivity index (χ2v) is 4.68. The fraction of sp³-hybridized carbons (Fsp3) is 0.188. The highest BCUT2D eigenvalue weighted by atomic mass is 16.5. The topological polar surface area (TPSA) is 46.5 Å². The zero-order chi connectivity index (χ0) is 13.2. The van der Waals surface area contributed by atoms with E-state index >= 15 is 0 Å². The third-order valence-corrected chi connectivity index (χ3v) is 3.42. The van der Waals surface area contributed by atoms with Gasteiger partial charge in [-0.25, -0.2) is 4.79 Å². The summed E-state index contributed by atoms with van der Waals surface area (Å²) in [5.74, 6) is -0.0990. The number of ether oxygens (including phenoxy) is 1. The SMILES string of the molecule is O=C(O)c1ccc2c(c1)CC[C@@H](c1ccccc1)O2. The van der Waals surface area contributed by atoms with E-state index in [1.165, 1.54) is 0 Å². The maximum Gasteiger partial charge on any atom is 0.335 e. The molecule has 0 bridgehead atoms. The largest absolute Gasteiger partial charge is 0.485 e. The minimum absolute atomic E-state index is 0.0596. The number of carboxylic acids is 1. The van der Waals surface area contributed by atoms with Crippen molar-refractivity contribution in [1.82, 2.24) is 0 Å². The summed E-state index contributed by atoms with van der Waals surface area (Å²) in [6.07, 6.45) is 1.78. The number of aromatic carboxylic acids is 1. The van der Waals surface area contributed by atoms with Gasteiger partial charge in [-0.2, -0.15) is 0 Å². The molecule has 0 spiro atoms. The van der Waals surface area contributed by atoms with Crippen LogP contribution < -0.4 is 4.74 Å². The van der Waals surface area contributed by atoms with Gasteiger partial charge < -0.3 is 9.84 Å². The Balaban J connectivity index is 1.87. The molecule has 0 aromatic heterocycles. The molecule has 1 aliphatic heterocycles. The first-order valence-corrected chi connectivity index (χ1v) is 6.32. The lowest BCUT2D eigenvalue weighted by atomic mass is 9.96. The molecule has 1 heterocycles. The molecular weight excluding hydrogens is 240 g/mol. The molecule has 0 fully saturated rings. The van der Waals surface area contributed by atoms with Crippen molar-refractivity contribution in [2.75, 3.05) is 0 Å². The van der Waals surface area contributed by atoms with Crippen molar-refractivity contribution in [3.8, 4) is 5.75 Å². The fourth-order valence-corrected chi connectivity index (χ4v) is 2.42. The standard InChI is InChI=1S/C16H14O3/c17-16(18)13-7-9-15-12(10-13)6-8-14(19-15)11-4-2-1-3-5-11/h1-5,7,9-10,14H,6,8H2,(H,17,18)/t14-/m0/s1. The van der Waals surface area contributed by atoms with Crippen LogP contribution in [0.15, 0.2) is 48.5 Å². The lowest BCUT2D eigenvalue weighted by Gasteiger charge is -2.26. The van der Waals surface area contributed by atoms with Crippen LogP contribution in [0.1, 0.15) is 34.0 Å². The lowest BCUT2D eigenvalue weighted by Crippen LogP contribution is -2.15. The van der Waals surface area contributed by atoms with Gasteiger partial charge in [0.25, 0.3) is 0 Å². The number of hydrogen-bond donors (Lipinski definition) is 1. The summed E-state index contributed by atoms with van der Waals surface area (Å²) >= 11 is 0. The maximum atomic E-state index is 10.9. The van der Waals surface area contributed by atoms with E-state index < -0.39 is 5.97 Å². The van der Waals surface area contributed by atoms with E-state index in [0.29, 0.717) is 5.56 Å². The Morgan fingerprint density at radius 2 is 1.95 bits per heavy atom. The highest BCUT2D eigenvalue weighted by Gasteiger charge is 2.21. The van der Waals surface area contributed by atoms with E-state index in [1.807, 2.05) is 18.2 Å². The molecule has 96 valence electrons. The third kappa shape index (κ3) is 2.32. The highest BCUT2D eigenvalue weighted by molar-refractivity contribution is 5.88. The summed E-state index contributed by atoms with van der Waals surface area (Å²) in [5, 5.41) is 8.98. The van der Waals surface area contributed by atoms with Crippen LogP contribution in [0.3, 0.4) is 0 Å². The van der Waals surface area contributed by atoms with Gasteiger partial charge in [0, 0.05) is 0 Å². The van der Waals surface area contributed by atoms with Crippen molar-refractivity contribution >= 4 is 5.97 Å². The van der Waals surface area contributed by atoms with Gasteiger partial charge in [-0.15, -0.1) is 0 Å². The normalized spacial score (nSPS) is 17.4. The van der Waals surface area contributed by atoms with Crippen molar-refractivity contribution in [2.24, 2.45) is 0 Å². The average molecular weight is 254 g/mol. The molecule has 3 nitrogen and oxygen atoms in total. The summed E-state index contributed by atoms with van der Waals surface area (Å²) in [4.78, 5) is 10.9. The monoisotopic (exact) mass is 254 g/mol. The number of fused-ring (bicyclic) bond motifs is 1. The number of rotatable bonds is 2. The Hall–Kier alpha value is -2.29. The van der Waals surface area contributed by atoms with Gasteiger partial charge in [-0.3, -0.25) is 0 Å². The molecule has 0 saturated heterocycles. The predicted octanol–water partition coefficient (Wildman–Crippen LogP) is 3.45. The van der Waals surface area contributed by atoms with Crippen LogP contribution in [0, 0.1) is 0 Å². The lowest BCUT2D eigenvalue weighted by molar-refractivity contribution is 0.0696. The Labute approximate surface area is 111 Å². The summed E-state index contributed by atoms with van der Waals surface area (Å²) in [5.41, 5.74) is 2.46. The molecule has 3 heteroatoms. The fourth-order valence-electron chi connectivity index (χ4n) is 2.42. The predicted molar refractivity (Wildman–Crippen MR) is 71.5 cm³/mol. The molecule has 2 aromatic carbocycles. The van der Waals surface area contributed by atoms with Crippen molar-refractivity contribution in [3.05, 3.63) is 65.2 Å². The molecule has 0 unspecified atom stereocenters. The highest BCUT2D eigenvalue weighted by Crippen LogP contribution is 2.35. The summed E-state index contributed by atoms with van der Waals surface area (Å²) in [6, 6.07) is 15.2. The van der Waals surface area contributed by atoms with Crippen molar-refractivity contribution in [1.29, 1.82) is 0 Å². The van der Waals surface area contributed by atoms with Crippen LogP contribution in [0.5, 0.6) is 5.75 Å². The zero-order valence-electron chi connectivity index (χ0n) is 10.4. The van der Waals surface area contributed by atoms with E-state index in [0.717, 1.165) is 29.7 Å².